The van der Waals surface area contributed by atoms with E-state index in [-0.39, 0.29) is 11.7 Å². The van der Waals surface area contributed by atoms with Gasteiger partial charge < -0.3 is 5.73 Å². The Kier molecular flexibility index (Phi) is 5.44. The Bertz CT molecular complexity index is 406. The van der Waals surface area contributed by atoms with Crippen molar-refractivity contribution in [1.82, 2.24) is 0 Å². The molecule has 0 amide bonds. The summed E-state index contributed by atoms with van der Waals surface area (Å²) in [6.45, 7) is 3.88. The standard InChI is InChI=1S/C13H17Cl2NO/c1-3-8(2)13(17)12(16)7-9-4-5-10(14)11(15)6-9/h4-6,8,12H,3,7,16H2,1-2H3/t8?,12-/m1/s1. The number of hydrogen-bond acceptors (Lipinski definition) is 2. The van der Waals surface area contributed by atoms with E-state index < -0.39 is 6.04 Å². The van der Waals surface area contributed by atoms with Crippen LogP contribution in [0.2, 0.25) is 10.0 Å². The minimum absolute atomic E-state index is 0.00720. The molecule has 4 heteroatoms. The number of carbonyl (C=O) groups is 1. The first kappa shape index (κ1) is 14.5. The number of ketones is 1. The Balaban J connectivity index is 2.71. The molecule has 94 valence electrons. The highest BCUT2D eigenvalue weighted by molar-refractivity contribution is 6.42. The van der Waals surface area contributed by atoms with Gasteiger partial charge in [0.25, 0.3) is 0 Å². The van der Waals surface area contributed by atoms with Gasteiger partial charge in [-0.05, 0) is 30.5 Å². The summed E-state index contributed by atoms with van der Waals surface area (Å²) in [6.07, 6.45) is 1.31. The maximum atomic E-state index is 11.8. The topological polar surface area (TPSA) is 43.1 Å². The normalized spacial score (nSPS) is 14.4. The third kappa shape index (κ3) is 3.98. The van der Waals surface area contributed by atoms with Crippen molar-refractivity contribution in [1.29, 1.82) is 0 Å². The predicted molar refractivity (Wildman–Crippen MR) is 72.6 cm³/mol. The molecule has 0 aliphatic heterocycles. The summed E-state index contributed by atoms with van der Waals surface area (Å²) in [5, 5.41) is 1.00. The monoisotopic (exact) mass is 273 g/mol. The van der Waals surface area contributed by atoms with Gasteiger partial charge in [-0.15, -0.1) is 0 Å². The molecule has 1 aromatic carbocycles. The maximum absolute atomic E-state index is 11.8. The number of hydrogen-bond donors (Lipinski definition) is 1. The zero-order valence-corrected chi connectivity index (χ0v) is 11.6. The van der Waals surface area contributed by atoms with Gasteiger partial charge in [-0.2, -0.15) is 0 Å². The third-order valence-corrected chi connectivity index (χ3v) is 3.64. The zero-order chi connectivity index (χ0) is 13.0. The molecule has 1 aromatic rings. The number of carbonyl (C=O) groups excluding carboxylic acids is 1. The second kappa shape index (κ2) is 6.39. The van der Waals surface area contributed by atoms with Crippen molar-refractivity contribution >= 4 is 29.0 Å². The summed E-state index contributed by atoms with van der Waals surface area (Å²) >= 11 is 11.7. The minimum Gasteiger partial charge on any atom is -0.321 e. The number of Topliss-reactive ketones (excluding diaryl/α,β-unsaturated/α-hetero) is 1. The van der Waals surface area contributed by atoms with Gasteiger partial charge in [0.2, 0.25) is 0 Å². The van der Waals surface area contributed by atoms with Crippen molar-refractivity contribution in [2.75, 3.05) is 0 Å². The molecule has 17 heavy (non-hydrogen) atoms. The van der Waals surface area contributed by atoms with Crippen molar-refractivity contribution in [3.63, 3.8) is 0 Å². The molecular formula is C13H17Cl2NO. The summed E-state index contributed by atoms with van der Waals surface area (Å²) in [6, 6.07) is 4.85. The van der Waals surface area contributed by atoms with Crippen LogP contribution in [-0.2, 0) is 11.2 Å². The van der Waals surface area contributed by atoms with Crippen LogP contribution in [0.15, 0.2) is 18.2 Å². The fraction of sp³-hybridized carbons (Fsp3) is 0.462. The number of nitrogens with two attached hydrogens (primary N) is 1. The Morgan fingerprint density at radius 3 is 2.53 bits per heavy atom. The van der Waals surface area contributed by atoms with Crippen LogP contribution in [0.25, 0.3) is 0 Å². The Morgan fingerprint density at radius 2 is 2.00 bits per heavy atom. The van der Waals surface area contributed by atoms with E-state index in [9.17, 15) is 4.79 Å². The summed E-state index contributed by atoms with van der Waals surface area (Å²) in [5.41, 5.74) is 6.82. The lowest BCUT2D eigenvalue weighted by atomic mass is 9.94. The van der Waals surface area contributed by atoms with Crippen LogP contribution in [0.5, 0.6) is 0 Å². The van der Waals surface area contributed by atoms with Gasteiger partial charge in [0.15, 0.2) is 5.78 Å². The third-order valence-electron chi connectivity index (χ3n) is 2.90. The van der Waals surface area contributed by atoms with E-state index in [0.29, 0.717) is 16.5 Å². The van der Waals surface area contributed by atoms with Gasteiger partial charge in [0, 0.05) is 5.92 Å². The van der Waals surface area contributed by atoms with Crippen LogP contribution < -0.4 is 5.73 Å². The molecule has 2 nitrogen and oxygen atoms in total. The predicted octanol–water partition coefficient (Wildman–Crippen LogP) is 3.48. The lowest BCUT2D eigenvalue weighted by Crippen LogP contribution is -2.36. The summed E-state index contributed by atoms with van der Waals surface area (Å²) in [5.74, 6) is 0.103. The van der Waals surface area contributed by atoms with Crippen LogP contribution in [0.4, 0.5) is 0 Å². The van der Waals surface area contributed by atoms with Gasteiger partial charge in [-0.3, -0.25) is 4.79 Å². The van der Waals surface area contributed by atoms with Gasteiger partial charge in [-0.1, -0.05) is 43.1 Å². The molecule has 2 atom stereocenters. The SMILES string of the molecule is CCC(C)C(=O)[C@H](N)Cc1ccc(Cl)c(Cl)c1. The summed E-state index contributed by atoms with van der Waals surface area (Å²) < 4.78 is 0. The van der Waals surface area contributed by atoms with E-state index in [1.165, 1.54) is 0 Å². The first-order valence-corrected chi connectivity index (χ1v) is 6.44. The molecule has 0 heterocycles. The first-order valence-electron chi connectivity index (χ1n) is 5.69. The maximum Gasteiger partial charge on any atom is 0.152 e. The molecule has 0 saturated heterocycles. The second-order valence-corrected chi connectivity index (χ2v) is 5.09. The average molecular weight is 274 g/mol. The molecular weight excluding hydrogens is 257 g/mol. The average Bonchev–Trinajstić information content (AvgIpc) is 2.31. The smallest absolute Gasteiger partial charge is 0.152 e. The molecule has 0 radical (unpaired) electrons. The van der Waals surface area contributed by atoms with Gasteiger partial charge >= 0.3 is 0 Å². The zero-order valence-electron chi connectivity index (χ0n) is 10.0. The Labute approximate surface area is 112 Å². The highest BCUT2D eigenvalue weighted by Crippen LogP contribution is 2.23. The minimum atomic E-state index is -0.470. The molecule has 0 aliphatic rings. The van der Waals surface area contributed by atoms with Gasteiger partial charge in [0.05, 0.1) is 16.1 Å². The highest BCUT2D eigenvalue weighted by atomic mass is 35.5. The van der Waals surface area contributed by atoms with Gasteiger partial charge in [-0.25, -0.2) is 0 Å². The molecule has 0 saturated carbocycles. The van der Waals surface area contributed by atoms with Crippen molar-refractivity contribution < 1.29 is 4.79 Å². The van der Waals surface area contributed by atoms with E-state index in [2.05, 4.69) is 0 Å². The molecule has 1 unspecified atom stereocenters. The van der Waals surface area contributed by atoms with Crippen LogP contribution in [-0.4, -0.2) is 11.8 Å². The molecule has 0 fully saturated rings. The summed E-state index contributed by atoms with van der Waals surface area (Å²) in [7, 11) is 0. The molecule has 0 bridgehead atoms. The van der Waals surface area contributed by atoms with Crippen molar-refractivity contribution in [2.45, 2.75) is 32.7 Å². The largest absolute Gasteiger partial charge is 0.321 e. The first-order chi connectivity index (χ1) is 7.95. The number of halogens is 2. The lowest BCUT2D eigenvalue weighted by molar-refractivity contribution is -0.123. The van der Waals surface area contributed by atoms with Crippen molar-refractivity contribution in [3.05, 3.63) is 33.8 Å². The van der Waals surface area contributed by atoms with Crippen LogP contribution in [0.3, 0.4) is 0 Å². The van der Waals surface area contributed by atoms with E-state index in [4.69, 9.17) is 28.9 Å². The molecule has 1 rings (SSSR count). The van der Waals surface area contributed by atoms with Crippen LogP contribution >= 0.6 is 23.2 Å². The quantitative estimate of drug-likeness (QED) is 0.893. The second-order valence-electron chi connectivity index (χ2n) is 4.27. The van der Waals surface area contributed by atoms with E-state index in [0.717, 1.165) is 12.0 Å². The molecule has 2 N–H and O–H groups in total. The van der Waals surface area contributed by atoms with Crippen LogP contribution in [0, 0.1) is 5.92 Å². The molecule has 0 aromatic heterocycles. The Morgan fingerprint density at radius 1 is 1.35 bits per heavy atom. The van der Waals surface area contributed by atoms with E-state index in [1.807, 2.05) is 19.9 Å². The number of benzene rings is 1. The number of rotatable bonds is 5. The highest BCUT2D eigenvalue weighted by Gasteiger charge is 2.19. The summed E-state index contributed by atoms with van der Waals surface area (Å²) in [4.78, 5) is 11.8. The van der Waals surface area contributed by atoms with E-state index >= 15 is 0 Å². The fourth-order valence-electron chi connectivity index (χ4n) is 1.59. The Hall–Kier alpha value is -0.570. The molecule has 0 spiro atoms. The fourth-order valence-corrected chi connectivity index (χ4v) is 1.91. The van der Waals surface area contributed by atoms with E-state index in [1.54, 1.807) is 12.1 Å². The van der Waals surface area contributed by atoms with Crippen molar-refractivity contribution in [2.24, 2.45) is 11.7 Å². The van der Waals surface area contributed by atoms with Crippen molar-refractivity contribution in [3.8, 4) is 0 Å². The van der Waals surface area contributed by atoms with Crippen LogP contribution in [0.1, 0.15) is 25.8 Å². The molecule has 0 aliphatic carbocycles. The van der Waals surface area contributed by atoms with Gasteiger partial charge in [0.1, 0.15) is 0 Å². The lowest BCUT2D eigenvalue weighted by Gasteiger charge is -2.15.